The molecule has 4 heterocycles. The van der Waals surface area contributed by atoms with Crippen LogP contribution in [0.25, 0.3) is 0 Å². The van der Waals surface area contributed by atoms with E-state index in [1.807, 2.05) is 25.2 Å². The molecule has 7 heteroatoms. The lowest BCUT2D eigenvalue weighted by atomic mass is 9.62. The van der Waals surface area contributed by atoms with Crippen molar-refractivity contribution in [1.29, 1.82) is 0 Å². The Labute approximate surface area is 195 Å². The molecule has 3 saturated heterocycles. The van der Waals surface area contributed by atoms with E-state index in [1.165, 1.54) is 0 Å². The van der Waals surface area contributed by atoms with Gasteiger partial charge in [-0.1, -0.05) is 25.7 Å². The highest BCUT2D eigenvalue weighted by molar-refractivity contribution is 6.08. The molecule has 1 N–H and O–H groups in total. The lowest BCUT2D eigenvalue weighted by molar-refractivity contribution is -0.127. The molecule has 6 atom stereocenters. The molecule has 4 fully saturated rings. The molecule has 0 radical (unpaired) electrons. The van der Waals surface area contributed by atoms with E-state index >= 15 is 0 Å². The van der Waals surface area contributed by atoms with Gasteiger partial charge >= 0.3 is 0 Å². The van der Waals surface area contributed by atoms with E-state index in [0.29, 0.717) is 23.5 Å². The Bertz CT molecular complexity index is 1020. The van der Waals surface area contributed by atoms with Crippen LogP contribution in [0.15, 0.2) is 48.5 Å². The molecular formula is C26H34N4O3. The maximum absolute atomic E-state index is 14.3. The van der Waals surface area contributed by atoms with Gasteiger partial charge in [0.15, 0.2) is 5.82 Å². The van der Waals surface area contributed by atoms with Gasteiger partial charge in [0.1, 0.15) is 0 Å². The third-order valence-corrected chi connectivity index (χ3v) is 8.65. The van der Waals surface area contributed by atoms with Crippen molar-refractivity contribution < 1.29 is 14.6 Å². The minimum atomic E-state index is -0.675. The number of methoxy groups -OCH3 is 1. The Balaban J connectivity index is 1.56. The van der Waals surface area contributed by atoms with Crippen molar-refractivity contribution in [1.82, 2.24) is 14.9 Å². The Morgan fingerprint density at radius 3 is 2.91 bits per heavy atom. The van der Waals surface area contributed by atoms with Crippen molar-refractivity contribution in [2.75, 3.05) is 25.1 Å². The quantitative estimate of drug-likeness (QED) is 0.761. The third kappa shape index (κ3) is 3.28. The summed E-state index contributed by atoms with van der Waals surface area (Å²) in [7, 11) is 1.55. The van der Waals surface area contributed by atoms with Crippen molar-refractivity contribution >= 4 is 11.7 Å². The first-order valence-electron chi connectivity index (χ1n) is 12.1. The van der Waals surface area contributed by atoms with E-state index < -0.39 is 5.41 Å². The van der Waals surface area contributed by atoms with Gasteiger partial charge in [-0.25, -0.2) is 0 Å². The van der Waals surface area contributed by atoms with Gasteiger partial charge in [0.25, 0.3) is 0 Å². The number of carbonyl (C=O) groups excluding carboxylic acids is 1. The van der Waals surface area contributed by atoms with Gasteiger partial charge in [0, 0.05) is 12.6 Å². The molecule has 1 aromatic heterocycles. The Kier molecular flexibility index (Phi) is 5.65. The predicted octanol–water partition coefficient (Wildman–Crippen LogP) is 3.34. The molecule has 7 nitrogen and oxygen atoms in total. The van der Waals surface area contributed by atoms with Crippen LogP contribution in [0.5, 0.6) is 5.88 Å². The summed E-state index contributed by atoms with van der Waals surface area (Å²) in [6, 6.07) is 0.0871. The van der Waals surface area contributed by atoms with Crippen LogP contribution in [0, 0.1) is 23.2 Å². The van der Waals surface area contributed by atoms with E-state index in [-0.39, 0.29) is 24.0 Å². The number of nitrogens with zero attached hydrogens (tertiary/aromatic N) is 4. The van der Waals surface area contributed by atoms with Crippen LogP contribution in [0.1, 0.15) is 39.5 Å². The van der Waals surface area contributed by atoms with Crippen LogP contribution < -0.4 is 9.64 Å². The second-order valence-electron chi connectivity index (χ2n) is 10.0. The fourth-order valence-electron chi connectivity index (χ4n) is 6.83. The zero-order chi connectivity index (χ0) is 23.3. The van der Waals surface area contributed by atoms with Crippen LogP contribution in [0.2, 0.25) is 0 Å². The fourth-order valence-corrected chi connectivity index (χ4v) is 6.83. The molecule has 0 bridgehead atoms. The number of hydrogen-bond acceptors (Lipinski definition) is 6. The highest BCUT2D eigenvalue weighted by atomic mass is 16.5. The van der Waals surface area contributed by atoms with E-state index in [4.69, 9.17) is 4.74 Å². The molecule has 1 aromatic rings. The molecule has 1 amide bonds. The average Bonchev–Trinajstić information content (AvgIpc) is 3.31. The molecule has 0 aromatic carbocycles. The second-order valence-corrected chi connectivity index (χ2v) is 10.0. The second kappa shape index (κ2) is 8.37. The van der Waals surface area contributed by atoms with Crippen molar-refractivity contribution in [3.63, 3.8) is 0 Å². The number of ether oxygens (including phenoxy) is 1. The van der Waals surface area contributed by atoms with Crippen molar-refractivity contribution in [2.24, 2.45) is 23.2 Å². The number of aliphatic hydroxyl groups is 1. The number of amides is 1. The lowest BCUT2D eigenvalue weighted by Crippen LogP contribution is -2.55. The average molecular weight is 451 g/mol. The SMILES string of the molecule is C=C1/C(=C\C=C/C)N(c2cncc(OC)n2)C(=O)[C@@]12CCN1C[C@@H]3CC[C@H](O)[C@H](C)[C@H]3C[C@H]12. The van der Waals surface area contributed by atoms with Crippen LogP contribution in [-0.2, 0) is 4.79 Å². The number of hydrogen-bond donors (Lipinski definition) is 1. The summed E-state index contributed by atoms with van der Waals surface area (Å²) >= 11 is 0. The Morgan fingerprint density at radius 1 is 1.33 bits per heavy atom. The smallest absolute Gasteiger partial charge is 0.245 e. The summed E-state index contributed by atoms with van der Waals surface area (Å²) in [5.41, 5.74) is 0.970. The van der Waals surface area contributed by atoms with Gasteiger partial charge in [-0.05, 0) is 68.6 Å². The molecule has 33 heavy (non-hydrogen) atoms. The molecule has 1 spiro atoms. The minimum Gasteiger partial charge on any atom is -0.480 e. The summed E-state index contributed by atoms with van der Waals surface area (Å²) in [6.45, 7) is 10.5. The van der Waals surface area contributed by atoms with E-state index in [1.54, 1.807) is 24.4 Å². The van der Waals surface area contributed by atoms with Crippen LogP contribution >= 0.6 is 0 Å². The highest BCUT2D eigenvalue weighted by Gasteiger charge is 2.63. The zero-order valence-corrected chi connectivity index (χ0v) is 19.8. The van der Waals surface area contributed by atoms with Gasteiger partial charge in [-0.15, -0.1) is 0 Å². The van der Waals surface area contributed by atoms with Gasteiger partial charge in [0.2, 0.25) is 11.8 Å². The summed E-state index contributed by atoms with van der Waals surface area (Å²) < 4.78 is 5.28. The number of carbonyl (C=O) groups is 1. The monoisotopic (exact) mass is 450 g/mol. The lowest BCUT2D eigenvalue weighted by Gasteiger charge is -2.50. The van der Waals surface area contributed by atoms with E-state index in [9.17, 15) is 9.90 Å². The molecule has 5 rings (SSSR count). The van der Waals surface area contributed by atoms with Crippen molar-refractivity contribution in [3.05, 3.63) is 48.5 Å². The molecule has 176 valence electrons. The largest absolute Gasteiger partial charge is 0.480 e. The first-order chi connectivity index (χ1) is 15.9. The molecular weight excluding hydrogens is 416 g/mol. The van der Waals surface area contributed by atoms with Crippen LogP contribution in [-0.4, -0.2) is 58.2 Å². The summed E-state index contributed by atoms with van der Waals surface area (Å²) in [5, 5.41) is 10.5. The standard InChI is InChI=1S/C26H34N4O3/c1-5-6-7-20-17(3)26(25(32)30(20)23-13-27-14-24(28-23)33-4)10-11-29-15-18-8-9-21(31)16(2)19(18)12-22(26)29/h5-7,13-14,16,18-19,21-22,31H,3,8-12,15H2,1-2,4H3/b6-5-,20-7+/t16-,18+,19-,21+,22+,26+/m1/s1. The molecule has 0 unspecified atom stereocenters. The van der Waals surface area contributed by atoms with Gasteiger partial charge in [0.05, 0.1) is 36.7 Å². The first-order valence-corrected chi connectivity index (χ1v) is 12.1. The Hall–Kier alpha value is -2.51. The van der Waals surface area contributed by atoms with E-state index in [2.05, 4.69) is 28.4 Å². The summed E-state index contributed by atoms with van der Waals surface area (Å²) in [5.74, 6) is 2.14. The van der Waals surface area contributed by atoms with Crippen LogP contribution in [0.3, 0.4) is 0 Å². The normalized spacial score (nSPS) is 37.9. The number of rotatable bonds is 3. The summed E-state index contributed by atoms with van der Waals surface area (Å²) in [6.07, 6.45) is 12.4. The maximum Gasteiger partial charge on any atom is 0.245 e. The number of fused-ring (bicyclic) bond motifs is 3. The number of piperidine rings is 1. The Morgan fingerprint density at radius 2 is 2.15 bits per heavy atom. The number of allylic oxidation sites excluding steroid dienone is 4. The number of aromatic nitrogens is 2. The summed E-state index contributed by atoms with van der Waals surface area (Å²) in [4.78, 5) is 27.3. The zero-order valence-electron chi connectivity index (χ0n) is 19.8. The van der Waals surface area contributed by atoms with Gasteiger partial charge in [-0.3, -0.25) is 19.6 Å². The molecule has 4 aliphatic rings. The first kappa shape index (κ1) is 22.3. The molecule has 1 saturated carbocycles. The van der Waals surface area contributed by atoms with Gasteiger partial charge in [-0.2, -0.15) is 4.98 Å². The molecule has 1 aliphatic carbocycles. The van der Waals surface area contributed by atoms with Crippen LogP contribution in [0.4, 0.5) is 5.82 Å². The predicted molar refractivity (Wildman–Crippen MR) is 127 cm³/mol. The minimum absolute atomic E-state index is 0.0285. The fraction of sp³-hybridized carbons (Fsp3) is 0.577. The van der Waals surface area contributed by atoms with Crippen molar-refractivity contribution in [2.45, 2.75) is 51.7 Å². The highest BCUT2D eigenvalue weighted by Crippen LogP contribution is 2.58. The van der Waals surface area contributed by atoms with Crippen molar-refractivity contribution in [3.8, 4) is 5.88 Å². The number of aliphatic hydroxyl groups excluding tert-OH is 1. The molecule has 3 aliphatic heterocycles. The van der Waals surface area contributed by atoms with E-state index in [0.717, 1.165) is 50.0 Å². The van der Waals surface area contributed by atoms with Gasteiger partial charge < -0.3 is 9.84 Å². The topological polar surface area (TPSA) is 78.8 Å². The number of anilines is 1. The maximum atomic E-state index is 14.3. The third-order valence-electron chi connectivity index (χ3n) is 8.65.